The minimum atomic E-state index is 0.440. The van der Waals surface area contributed by atoms with Gasteiger partial charge in [0.1, 0.15) is 12.9 Å². The summed E-state index contributed by atoms with van der Waals surface area (Å²) >= 11 is 0. The highest BCUT2D eigenvalue weighted by Gasteiger charge is 2.12. The van der Waals surface area contributed by atoms with Crippen molar-refractivity contribution < 1.29 is 4.74 Å². The van der Waals surface area contributed by atoms with Crippen molar-refractivity contribution in [1.82, 2.24) is 19.9 Å². The van der Waals surface area contributed by atoms with Crippen LogP contribution in [0.4, 0.5) is 0 Å². The summed E-state index contributed by atoms with van der Waals surface area (Å²) in [4.78, 5) is 17.2. The van der Waals surface area contributed by atoms with Gasteiger partial charge in [-0.1, -0.05) is 30.3 Å². The van der Waals surface area contributed by atoms with Gasteiger partial charge in [0, 0.05) is 17.6 Å². The Balaban J connectivity index is 1.89. The highest BCUT2D eigenvalue weighted by atomic mass is 16.5. The minimum absolute atomic E-state index is 0.440. The standard InChI is InChI=1S/C17H16N4O/c1-12-8-13(2)21-16(20-12)15-9-18-11-19-17(15)22-10-14-6-4-3-5-7-14/h3-9,11H,10H2,1-2H3. The van der Waals surface area contributed by atoms with Crippen molar-refractivity contribution in [3.05, 3.63) is 65.9 Å². The van der Waals surface area contributed by atoms with Gasteiger partial charge in [0.05, 0.1) is 5.56 Å². The zero-order valence-corrected chi connectivity index (χ0v) is 12.5. The molecule has 0 unspecified atom stereocenters. The lowest BCUT2D eigenvalue weighted by Gasteiger charge is -2.09. The first-order chi connectivity index (χ1) is 10.7. The van der Waals surface area contributed by atoms with Crippen LogP contribution < -0.4 is 4.74 Å². The average molecular weight is 292 g/mol. The van der Waals surface area contributed by atoms with Gasteiger partial charge >= 0.3 is 0 Å². The van der Waals surface area contributed by atoms with Gasteiger partial charge < -0.3 is 4.74 Å². The van der Waals surface area contributed by atoms with Gasteiger partial charge in [0.15, 0.2) is 5.82 Å². The second-order valence-electron chi connectivity index (χ2n) is 4.99. The third kappa shape index (κ3) is 3.25. The van der Waals surface area contributed by atoms with E-state index in [1.807, 2.05) is 50.2 Å². The van der Waals surface area contributed by atoms with Gasteiger partial charge in [-0.3, -0.25) is 0 Å². The number of aromatic nitrogens is 4. The third-order valence-electron chi connectivity index (χ3n) is 3.12. The Kier molecular flexibility index (Phi) is 4.05. The Morgan fingerprint density at radius 2 is 1.73 bits per heavy atom. The number of rotatable bonds is 4. The van der Waals surface area contributed by atoms with Crippen LogP contribution in [0.1, 0.15) is 17.0 Å². The number of nitrogens with zero attached hydrogens (tertiary/aromatic N) is 4. The molecule has 0 radical (unpaired) electrons. The molecular formula is C17H16N4O. The van der Waals surface area contributed by atoms with E-state index in [-0.39, 0.29) is 0 Å². The summed E-state index contributed by atoms with van der Waals surface area (Å²) in [5.74, 6) is 1.07. The van der Waals surface area contributed by atoms with Crippen molar-refractivity contribution in [2.75, 3.05) is 0 Å². The summed E-state index contributed by atoms with van der Waals surface area (Å²) in [5.41, 5.74) is 3.58. The number of hydrogen-bond donors (Lipinski definition) is 0. The van der Waals surface area contributed by atoms with Crippen molar-refractivity contribution in [3.8, 4) is 17.3 Å². The molecule has 0 saturated carbocycles. The van der Waals surface area contributed by atoms with Crippen molar-refractivity contribution in [2.45, 2.75) is 20.5 Å². The molecule has 3 rings (SSSR count). The third-order valence-corrected chi connectivity index (χ3v) is 3.12. The van der Waals surface area contributed by atoms with Gasteiger partial charge in [-0.15, -0.1) is 0 Å². The average Bonchev–Trinajstić information content (AvgIpc) is 2.53. The summed E-state index contributed by atoms with van der Waals surface area (Å²) in [7, 11) is 0. The van der Waals surface area contributed by atoms with Crippen LogP contribution in [-0.2, 0) is 6.61 Å². The first kappa shape index (κ1) is 14.1. The Hall–Kier alpha value is -2.82. The lowest BCUT2D eigenvalue weighted by molar-refractivity contribution is 0.294. The number of benzene rings is 1. The molecule has 0 saturated heterocycles. The van der Waals surface area contributed by atoms with Crippen molar-refractivity contribution in [1.29, 1.82) is 0 Å². The van der Waals surface area contributed by atoms with Crippen LogP contribution >= 0.6 is 0 Å². The summed E-state index contributed by atoms with van der Waals surface area (Å²) in [6, 6.07) is 11.9. The molecule has 0 spiro atoms. The fourth-order valence-corrected chi connectivity index (χ4v) is 2.16. The Morgan fingerprint density at radius 3 is 2.45 bits per heavy atom. The monoisotopic (exact) mass is 292 g/mol. The predicted molar refractivity (Wildman–Crippen MR) is 83.3 cm³/mol. The molecule has 2 heterocycles. The van der Waals surface area contributed by atoms with E-state index in [4.69, 9.17) is 4.74 Å². The summed E-state index contributed by atoms with van der Waals surface area (Å²) < 4.78 is 5.83. The molecule has 5 nitrogen and oxygen atoms in total. The van der Waals surface area contributed by atoms with E-state index >= 15 is 0 Å². The van der Waals surface area contributed by atoms with E-state index in [2.05, 4.69) is 19.9 Å². The van der Waals surface area contributed by atoms with Gasteiger partial charge in [-0.05, 0) is 25.5 Å². The lowest BCUT2D eigenvalue weighted by Crippen LogP contribution is -2.02. The summed E-state index contributed by atoms with van der Waals surface area (Å²) in [6.07, 6.45) is 3.15. The van der Waals surface area contributed by atoms with E-state index in [1.165, 1.54) is 6.33 Å². The SMILES string of the molecule is Cc1cc(C)nc(-c2cncnc2OCc2ccccc2)n1. The molecule has 0 atom stereocenters. The molecule has 0 aliphatic heterocycles. The number of aryl methyl sites for hydroxylation is 2. The van der Waals surface area contributed by atoms with Gasteiger partial charge in [0.25, 0.3) is 0 Å². The van der Waals surface area contributed by atoms with Gasteiger partial charge in [-0.2, -0.15) is 0 Å². The van der Waals surface area contributed by atoms with Crippen LogP contribution in [0.15, 0.2) is 48.9 Å². The zero-order chi connectivity index (χ0) is 15.4. The van der Waals surface area contributed by atoms with E-state index in [0.717, 1.165) is 17.0 Å². The Bertz CT molecular complexity index is 754. The highest BCUT2D eigenvalue weighted by Crippen LogP contribution is 2.25. The second kappa shape index (κ2) is 6.30. The lowest BCUT2D eigenvalue weighted by atomic mass is 10.2. The maximum atomic E-state index is 5.83. The normalized spacial score (nSPS) is 10.5. The van der Waals surface area contributed by atoms with Crippen molar-refractivity contribution in [2.24, 2.45) is 0 Å². The topological polar surface area (TPSA) is 60.8 Å². The van der Waals surface area contributed by atoms with Crippen LogP contribution in [-0.4, -0.2) is 19.9 Å². The highest BCUT2D eigenvalue weighted by molar-refractivity contribution is 5.60. The second-order valence-corrected chi connectivity index (χ2v) is 4.99. The molecule has 0 N–H and O–H groups in total. The molecule has 0 fully saturated rings. The Labute approximate surface area is 129 Å². The first-order valence-corrected chi connectivity index (χ1v) is 7.02. The molecule has 1 aromatic carbocycles. The smallest absolute Gasteiger partial charge is 0.228 e. The van der Waals surface area contributed by atoms with Crippen LogP contribution in [0.5, 0.6) is 5.88 Å². The first-order valence-electron chi connectivity index (χ1n) is 7.02. The molecule has 22 heavy (non-hydrogen) atoms. The molecule has 5 heteroatoms. The zero-order valence-electron chi connectivity index (χ0n) is 12.5. The molecular weight excluding hydrogens is 276 g/mol. The van der Waals surface area contributed by atoms with Crippen molar-refractivity contribution >= 4 is 0 Å². The molecule has 3 aromatic rings. The predicted octanol–water partition coefficient (Wildman–Crippen LogP) is 3.13. The maximum Gasteiger partial charge on any atom is 0.228 e. The molecule has 0 bridgehead atoms. The summed E-state index contributed by atoms with van der Waals surface area (Å²) in [5, 5.41) is 0. The van der Waals surface area contributed by atoms with Crippen LogP contribution in [0.2, 0.25) is 0 Å². The Morgan fingerprint density at radius 1 is 1.00 bits per heavy atom. The fraction of sp³-hybridized carbons (Fsp3) is 0.176. The fourth-order valence-electron chi connectivity index (χ4n) is 2.16. The van der Waals surface area contributed by atoms with Crippen LogP contribution in [0, 0.1) is 13.8 Å². The quantitative estimate of drug-likeness (QED) is 0.739. The van der Waals surface area contributed by atoms with Gasteiger partial charge in [0.2, 0.25) is 5.88 Å². The van der Waals surface area contributed by atoms with E-state index < -0.39 is 0 Å². The maximum absolute atomic E-state index is 5.83. The largest absolute Gasteiger partial charge is 0.472 e. The van der Waals surface area contributed by atoms with Crippen LogP contribution in [0.25, 0.3) is 11.4 Å². The molecule has 0 aliphatic rings. The number of hydrogen-bond acceptors (Lipinski definition) is 5. The van der Waals surface area contributed by atoms with E-state index in [1.54, 1.807) is 6.20 Å². The van der Waals surface area contributed by atoms with Gasteiger partial charge in [-0.25, -0.2) is 19.9 Å². The molecule has 110 valence electrons. The van der Waals surface area contributed by atoms with E-state index in [9.17, 15) is 0 Å². The van der Waals surface area contributed by atoms with Crippen LogP contribution in [0.3, 0.4) is 0 Å². The molecule has 0 amide bonds. The number of ether oxygens (including phenoxy) is 1. The molecule has 0 aliphatic carbocycles. The van der Waals surface area contributed by atoms with Crippen molar-refractivity contribution in [3.63, 3.8) is 0 Å². The molecule has 2 aromatic heterocycles. The summed E-state index contributed by atoms with van der Waals surface area (Å²) in [6.45, 7) is 4.31. The minimum Gasteiger partial charge on any atom is -0.472 e. The van der Waals surface area contributed by atoms with E-state index in [0.29, 0.717) is 23.9 Å².